The summed E-state index contributed by atoms with van der Waals surface area (Å²) in [4.78, 5) is 4.47. The quantitative estimate of drug-likeness (QED) is 0.621. The van der Waals surface area contributed by atoms with Crippen LogP contribution in [0.1, 0.15) is 28.8 Å². The highest BCUT2D eigenvalue weighted by Crippen LogP contribution is 2.31. The summed E-state index contributed by atoms with van der Waals surface area (Å²) in [5.41, 5.74) is 1.49. The summed E-state index contributed by atoms with van der Waals surface area (Å²) < 4.78 is 41.5. The molecule has 1 aromatic carbocycles. The zero-order chi connectivity index (χ0) is 20.5. The Bertz CT molecular complexity index is 1050. The molecule has 0 spiro atoms. The van der Waals surface area contributed by atoms with Gasteiger partial charge >= 0.3 is 0 Å². The lowest BCUT2D eigenvalue weighted by atomic mass is 10.1. The Hall–Kier alpha value is -2.85. The second-order valence-corrected chi connectivity index (χ2v) is 8.01. The molecule has 1 atom stereocenters. The van der Waals surface area contributed by atoms with Crippen LogP contribution < -0.4 is 14.2 Å². The van der Waals surface area contributed by atoms with Gasteiger partial charge in [-0.15, -0.1) is 0 Å². The van der Waals surface area contributed by atoms with Gasteiger partial charge in [0.25, 0.3) is 0 Å². The minimum Gasteiger partial charge on any atom is -0.497 e. The van der Waals surface area contributed by atoms with Crippen LogP contribution in [0, 0.1) is 13.8 Å². The molecule has 3 aromatic rings. The predicted molar refractivity (Wildman–Crippen MR) is 103 cm³/mol. The first-order valence-corrected chi connectivity index (χ1v) is 9.99. The summed E-state index contributed by atoms with van der Waals surface area (Å²) in [5.74, 6) is 1.62. The molecule has 0 amide bonds. The first-order valence-electron chi connectivity index (χ1n) is 8.51. The Morgan fingerprint density at radius 1 is 1.14 bits per heavy atom. The number of nitrogens with one attached hydrogen (secondary N) is 2. The lowest BCUT2D eigenvalue weighted by Crippen LogP contribution is -2.31. The van der Waals surface area contributed by atoms with E-state index < -0.39 is 16.1 Å². The molecule has 0 aliphatic heterocycles. The smallest absolute Gasteiger partial charge is 0.245 e. The van der Waals surface area contributed by atoms with Gasteiger partial charge in [0.1, 0.15) is 28.3 Å². The fourth-order valence-electron chi connectivity index (χ4n) is 3.07. The standard InChI is InChI=1S/C18H23N5O4S/c1-11-17(12(2)21-20-11)28(24,25)22-16(18-19-6-7-23(18)3)13-8-14(26-4)10-15(9-13)27-5/h6-10,16,22H,1-5H3,(H,20,21)/t16-/m1/s1. The second kappa shape index (κ2) is 7.64. The largest absolute Gasteiger partial charge is 0.497 e. The molecule has 150 valence electrons. The van der Waals surface area contributed by atoms with Crippen LogP contribution in [-0.4, -0.2) is 42.4 Å². The van der Waals surface area contributed by atoms with Gasteiger partial charge in [-0.3, -0.25) is 5.10 Å². The minimum absolute atomic E-state index is 0.126. The Morgan fingerprint density at radius 3 is 2.25 bits per heavy atom. The number of sulfonamides is 1. The summed E-state index contributed by atoms with van der Waals surface area (Å²) in [5, 5.41) is 6.70. The van der Waals surface area contributed by atoms with Gasteiger partial charge in [-0.2, -0.15) is 9.82 Å². The van der Waals surface area contributed by atoms with E-state index in [4.69, 9.17) is 9.47 Å². The normalized spacial score (nSPS) is 12.8. The maximum absolute atomic E-state index is 13.2. The van der Waals surface area contributed by atoms with Crippen LogP contribution in [0.3, 0.4) is 0 Å². The molecular weight excluding hydrogens is 382 g/mol. The average Bonchev–Trinajstić information content (AvgIpc) is 3.24. The Balaban J connectivity index is 2.13. The van der Waals surface area contributed by atoms with E-state index in [0.29, 0.717) is 34.3 Å². The van der Waals surface area contributed by atoms with Crippen LogP contribution in [0.2, 0.25) is 0 Å². The summed E-state index contributed by atoms with van der Waals surface area (Å²) in [6.45, 7) is 3.31. The van der Waals surface area contributed by atoms with Gasteiger partial charge in [-0.25, -0.2) is 13.4 Å². The Labute approximate surface area is 163 Å². The van der Waals surface area contributed by atoms with Crippen molar-refractivity contribution in [1.29, 1.82) is 0 Å². The maximum atomic E-state index is 13.2. The minimum atomic E-state index is -3.89. The number of H-pyrrole nitrogens is 1. The van der Waals surface area contributed by atoms with Crippen LogP contribution in [-0.2, 0) is 17.1 Å². The first kappa shape index (κ1) is 19.9. The lowest BCUT2D eigenvalue weighted by Gasteiger charge is -2.20. The van der Waals surface area contributed by atoms with Crippen molar-refractivity contribution in [3.63, 3.8) is 0 Å². The molecule has 0 saturated heterocycles. The van der Waals surface area contributed by atoms with Crippen molar-refractivity contribution in [2.45, 2.75) is 24.8 Å². The summed E-state index contributed by atoms with van der Waals surface area (Å²) in [6.07, 6.45) is 3.37. The van der Waals surface area contributed by atoms with Gasteiger partial charge < -0.3 is 14.0 Å². The van der Waals surface area contributed by atoms with E-state index >= 15 is 0 Å². The van der Waals surface area contributed by atoms with Crippen molar-refractivity contribution in [1.82, 2.24) is 24.5 Å². The number of aromatic amines is 1. The Morgan fingerprint density at radius 2 is 1.79 bits per heavy atom. The highest BCUT2D eigenvalue weighted by molar-refractivity contribution is 7.89. The summed E-state index contributed by atoms with van der Waals surface area (Å²) >= 11 is 0. The summed E-state index contributed by atoms with van der Waals surface area (Å²) in [7, 11) is 0.991. The number of hydrogen-bond donors (Lipinski definition) is 2. The molecule has 2 heterocycles. The van der Waals surface area contributed by atoms with E-state index in [1.807, 2.05) is 0 Å². The van der Waals surface area contributed by atoms with Gasteiger partial charge in [0.15, 0.2) is 0 Å². The molecule has 0 aliphatic carbocycles. The van der Waals surface area contributed by atoms with Crippen LogP contribution >= 0.6 is 0 Å². The first-order chi connectivity index (χ1) is 13.3. The van der Waals surface area contributed by atoms with Crippen LogP contribution in [0.15, 0.2) is 35.5 Å². The molecule has 0 fully saturated rings. The monoisotopic (exact) mass is 405 g/mol. The van der Waals surface area contributed by atoms with Crippen LogP contribution in [0.4, 0.5) is 0 Å². The van der Waals surface area contributed by atoms with Crippen molar-refractivity contribution in [2.24, 2.45) is 7.05 Å². The van der Waals surface area contributed by atoms with Crippen molar-refractivity contribution in [3.05, 3.63) is 53.4 Å². The van der Waals surface area contributed by atoms with Gasteiger partial charge in [-0.1, -0.05) is 0 Å². The van der Waals surface area contributed by atoms with Gasteiger partial charge in [0.2, 0.25) is 10.0 Å². The molecule has 0 saturated carbocycles. The van der Waals surface area contributed by atoms with Gasteiger partial charge in [0, 0.05) is 25.5 Å². The van der Waals surface area contributed by atoms with E-state index in [0.717, 1.165) is 0 Å². The zero-order valence-electron chi connectivity index (χ0n) is 16.3. The highest BCUT2D eigenvalue weighted by Gasteiger charge is 2.30. The highest BCUT2D eigenvalue weighted by atomic mass is 32.2. The van der Waals surface area contributed by atoms with Crippen molar-refractivity contribution in [3.8, 4) is 11.5 Å². The molecular formula is C18H23N5O4S. The fourth-order valence-corrected chi connectivity index (χ4v) is 4.62. The van der Waals surface area contributed by atoms with E-state index in [-0.39, 0.29) is 4.90 Å². The molecule has 10 heteroatoms. The molecule has 0 unspecified atom stereocenters. The van der Waals surface area contributed by atoms with Gasteiger partial charge in [0.05, 0.1) is 25.6 Å². The van der Waals surface area contributed by atoms with E-state index in [2.05, 4.69) is 19.9 Å². The number of aryl methyl sites for hydroxylation is 3. The van der Waals surface area contributed by atoms with E-state index in [1.165, 1.54) is 14.2 Å². The lowest BCUT2D eigenvalue weighted by molar-refractivity contribution is 0.392. The zero-order valence-corrected chi connectivity index (χ0v) is 17.2. The van der Waals surface area contributed by atoms with E-state index in [1.54, 1.807) is 56.1 Å². The predicted octanol–water partition coefficient (Wildman–Crippen LogP) is 1.85. The average molecular weight is 405 g/mol. The SMILES string of the molecule is COc1cc(OC)cc([C@@H](NS(=O)(=O)c2c(C)n[nH]c2C)c2nccn2C)c1. The molecule has 0 bridgehead atoms. The third-order valence-corrected chi connectivity index (χ3v) is 6.11. The number of imidazole rings is 1. The number of aromatic nitrogens is 4. The fraction of sp³-hybridized carbons (Fsp3) is 0.333. The molecule has 2 aromatic heterocycles. The van der Waals surface area contributed by atoms with Crippen LogP contribution in [0.25, 0.3) is 0 Å². The summed E-state index contributed by atoms with van der Waals surface area (Å²) in [6, 6.07) is 4.46. The molecule has 3 rings (SSSR count). The van der Waals surface area contributed by atoms with Crippen molar-refractivity contribution in [2.75, 3.05) is 14.2 Å². The maximum Gasteiger partial charge on any atom is 0.245 e. The molecule has 9 nitrogen and oxygen atoms in total. The number of benzene rings is 1. The number of nitrogens with zero attached hydrogens (tertiary/aromatic N) is 3. The Kier molecular flexibility index (Phi) is 5.43. The van der Waals surface area contributed by atoms with Crippen molar-refractivity contribution >= 4 is 10.0 Å². The molecule has 2 N–H and O–H groups in total. The third-order valence-electron chi connectivity index (χ3n) is 4.43. The van der Waals surface area contributed by atoms with Crippen molar-refractivity contribution < 1.29 is 17.9 Å². The second-order valence-electron chi connectivity index (χ2n) is 6.36. The number of ether oxygens (including phenoxy) is 2. The molecule has 28 heavy (non-hydrogen) atoms. The molecule has 0 radical (unpaired) electrons. The number of rotatable bonds is 7. The molecule has 0 aliphatic rings. The van der Waals surface area contributed by atoms with E-state index in [9.17, 15) is 8.42 Å². The van der Waals surface area contributed by atoms with Crippen LogP contribution in [0.5, 0.6) is 11.5 Å². The topological polar surface area (TPSA) is 111 Å². The number of hydrogen-bond acceptors (Lipinski definition) is 6. The van der Waals surface area contributed by atoms with Gasteiger partial charge in [-0.05, 0) is 31.5 Å². The number of methoxy groups -OCH3 is 2. The third kappa shape index (κ3) is 3.73.